The van der Waals surface area contributed by atoms with E-state index in [1.165, 1.54) is 17.7 Å². The number of rotatable bonds is 7. The van der Waals surface area contributed by atoms with E-state index in [0.717, 1.165) is 31.6 Å². The molecule has 0 atom stereocenters. The van der Waals surface area contributed by atoms with E-state index in [-0.39, 0.29) is 17.2 Å². The number of nitrogens with zero attached hydrogens (tertiary/aromatic N) is 5. The normalized spacial score (nSPS) is 14.5. The highest BCUT2D eigenvalue weighted by molar-refractivity contribution is 5.98. The van der Waals surface area contributed by atoms with Crippen LogP contribution in [0.25, 0.3) is 11.4 Å². The second kappa shape index (κ2) is 9.69. The van der Waals surface area contributed by atoms with Gasteiger partial charge < -0.3 is 9.42 Å². The van der Waals surface area contributed by atoms with E-state index in [2.05, 4.69) is 15.0 Å². The molecule has 1 aliphatic heterocycles. The lowest BCUT2D eigenvalue weighted by molar-refractivity contribution is -0.385. The molecule has 1 aromatic heterocycles. The van der Waals surface area contributed by atoms with Gasteiger partial charge in [-0.25, -0.2) is 0 Å². The second-order valence-corrected chi connectivity index (χ2v) is 7.89. The molecule has 0 bridgehead atoms. The molecule has 32 heavy (non-hydrogen) atoms. The number of piperazine rings is 1. The molecule has 4 rings (SSSR count). The van der Waals surface area contributed by atoms with E-state index < -0.39 is 4.92 Å². The van der Waals surface area contributed by atoms with E-state index in [1.54, 1.807) is 17.0 Å². The maximum atomic E-state index is 12.7. The Balaban J connectivity index is 1.24. The van der Waals surface area contributed by atoms with Gasteiger partial charge in [0.2, 0.25) is 11.7 Å². The van der Waals surface area contributed by atoms with Crippen LogP contribution < -0.4 is 0 Å². The number of para-hydroxylation sites is 1. The minimum absolute atomic E-state index is 0.145. The lowest BCUT2D eigenvalue weighted by Gasteiger charge is -2.34. The van der Waals surface area contributed by atoms with Crippen molar-refractivity contribution in [2.45, 2.75) is 19.8 Å². The molecular weight excluding hydrogens is 410 g/mol. The lowest BCUT2D eigenvalue weighted by atomic mass is 10.1. The van der Waals surface area contributed by atoms with Crippen LogP contribution in [0.1, 0.15) is 28.2 Å². The largest absolute Gasteiger partial charge is 0.339 e. The summed E-state index contributed by atoms with van der Waals surface area (Å²) >= 11 is 0. The van der Waals surface area contributed by atoms with Gasteiger partial charge in [-0.1, -0.05) is 47.1 Å². The Kier molecular flexibility index (Phi) is 6.55. The van der Waals surface area contributed by atoms with Gasteiger partial charge in [0, 0.05) is 44.2 Å². The van der Waals surface area contributed by atoms with E-state index in [0.29, 0.717) is 31.2 Å². The number of amides is 1. The average molecular weight is 435 g/mol. The summed E-state index contributed by atoms with van der Waals surface area (Å²) in [6.07, 6.45) is 1.56. The quantitative estimate of drug-likeness (QED) is 0.414. The first kappa shape index (κ1) is 21.6. The van der Waals surface area contributed by atoms with Gasteiger partial charge in [-0.3, -0.25) is 19.8 Å². The van der Waals surface area contributed by atoms with Gasteiger partial charge in [-0.15, -0.1) is 0 Å². The molecule has 2 aromatic carbocycles. The number of hydrogen-bond acceptors (Lipinski definition) is 7. The van der Waals surface area contributed by atoms with Crippen LogP contribution >= 0.6 is 0 Å². The summed E-state index contributed by atoms with van der Waals surface area (Å²) in [7, 11) is 0. The van der Waals surface area contributed by atoms with Crippen LogP contribution in [0.4, 0.5) is 5.69 Å². The number of aromatic nitrogens is 2. The maximum Gasteiger partial charge on any atom is 0.282 e. The van der Waals surface area contributed by atoms with Crippen molar-refractivity contribution in [2.75, 3.05) is 32.7 Å². The predicted molar refractivity (Wildman–Crippen MR) is 118 cm³/mol. The third-order valence-corrected chi connectivity index (χ3v) is 5.63. The van der Waals surface area contributed by atoms with Crippen molar-refractivity contribution < 1.29 is 14.2 Å². The fourth-order valence-corrected chi connectivity index (χ4v) is 3.79. The van der Waals surface area contributed by atoms with Gasteiger partial charge in [0.15, 0.2) is 0 Å². The summed E-state index contributed by atoms with van der Waals surface area (Å²) in [5, 5.41) is 15.3. The smallest absolute Gasteiger partial charge is 0.282 e. The molecule has 3 aromatic rings. The summed E-state index contributed by atoms with van der Waals surface area (Å²) in [4.78, 5) is 31.9. The molecule has 2 heterocycles. The van der Waals surface area contributed by atoms with E-state index >= 15 is 0 Å². The number of aryl methyl sites for hydroxylation is 2. The minimum Gasteiger partial charge on any atom is -0.339 e. The van der Waals surface area contributed by atoms with Crippen LogP contribution in [0.3, 0.4) is 0 Å². The Morgan fingerprint density at radius 3 is 2.53 bits per heavy atom. The molecule has 0 saturated carbocycles. The van der Waals surface area contributed by atoms with Crippen LogP contribution in [0.15, 0.2) is 53.1 Å². The van der Waals surface area contributed by atoms with Crippen molar-refractivity contribution in [1.82, 2.24) is 19.9 Å². The van der Waals surface area contributed by atoms with Crippen molar-refractivity contribution in [3.63, 3.8) is 0 Å². The predicted octanol–water partition coefficient (Wildman–Crippen LogP) is 3.34. The zero-order valence-electron chi connectivity index (χ0n) is 17.9. The highest BCUT2D eigenvalue weighted by atomic mass is 16.6. The SMILES string of the molecule is Cc1ccc(-c2noc(CCCN3CCN(C(=O)c4ccccc4[N+](=O)[O-])CC3)n2)cc1. The third kappa shape index (κ3) is 5.00. The fraction of sp³-hybridized carbons (Fsp3) is 0.348. The molecular formula is C23H25N5O4. The van der Waals surface area contributed by atoms with Crippen molar-refractivity contribution in [3.05, 3.63) is 75.7 Å². The Morgan fingerprint density at radius 2 is 1.81 bits per heavy atom. The third-order valence-electron chi connectivity index (χ3n) is 5.63. The molecule has 1 amide bonds. The summed E-state index contributed by atoms with van der Waals surface area (Å²) in [6.45, 7) is 5.43. The van der Waals surface area contributed by atoms with Crippen LogP contribution in [0.2, 0.25) is 0 Å². The molecule has 9 heteroatoms. The molecule has 0 spiro atoms. The Hall–Kier alpha value is -3.59. The molecule has 0 aliphatic carbocycles. The second-order valence-electron chi connectivity index (χ2n) is 7.89. The first-order valence-corrected chi connectivity index (χ1v) is 10.7. The Labute approximate surface area is 185 Å². The number of nitro groups is 1. The first-order chi connectivity index (χ1) is 15.5. The van der Waals surface area contributed by atoms with Gasteiger partial charge in [0.25, 0.3) is 11.6 Å². The highest BCUT2D eigenvalue weighted by Crippen LogP contribution is 2.21. The topological polar surface area (TPSA) is 106 Å². The number of carbonyl (C=O) groups is 1. The molecule has 166 valence electrons. The van der Waals surface area contributed by atoms with E-state index in [1.807, 2.05) is 31.2 Å². The zero-order chi connectivity index (χ0) is 22.5. The number of carbonyl (C=O) groups excluding carboxylic acids is 1. The summed E-state index contributed by atoms with van der Waals surface area (Å²) in [5.74, 6) is 0.930. The zero-order valence-corrected chi connectivity index (χ0v) is 17.9. The summed E-state index contributed by atoms with van der Waals surface area (Å²) < 4.78 is 5.38. The van der Waals surface area contributed by atoms with Gasteiger partial charge in [0.1, 0.15) is 5.56 Å². The van der Waals surface area contributed by atoms with Crippen molar-refractivity contribution in [3.8, 4) is 11.4 Å². The van der Waals surface area contributed by atoms with Crippen molar-refractivity contribution in [1.29, 1.82) is 0 Å². The van der Waals surface area contributed by atoms with E-state index in [9.17, 15) is 14.9 Å². The van der Waals surface area contributed by atoms with Crippen LogP contribution in [0, 0.1) is 17.0 Å². The van der Waals surface area contributed by atoms with Crippen molar-refractivity contribution >= 4 is 11.6 Å². The fourth-order valence-electron chi connectivity index (χ4n) is 3.79. The number of benzene rings is 2. The monoisotopic (exact) mass is 435 g/mol. The molecule has 1 aliphatic rings. The number of hydrogen-bond donors (Lipinski definition) is 0. The van der Waals surface area contributed by atoms with Gasteiger partial charge in [-0.05, 0) is 26.0 Å². The molecule has 0 radical (unpaired) electrons. The van der Waals surface area contributed by atoms with Crippen LogP contribution in [-0.2, 0) is 6.42 Å². The maximum absolute atomic E-state index is 12.7. The summed E-state index contributed by atoms with van der Waals surface area (Å²) in [5.41, 5.74) is 2.11. The lowest BCUT2D eigenvalue weighted by Crippen LogP contribution is -2.49. The van der Waals surface area contributed by atoms with Crippen molar-refractivity contribution in [2.24, 2.45) is 0 Å². The van der Waals surface area contributed by atoms with Crippen LogP contribution in [-0.4, -0.2) is 63.5 Å². The van der Waals surface area contributed by atoms with Gasteiger partial charge in [-0.2, -0.15) is 4.98 Å². The first-order valence-electron chi connectivity index (χ1n) is 10.7. The molecule has 1 fully saturated rings. The molecule has 0 unspecified atom stereocenters. The van der Waals surface area contributed by atoms with Gasteiger partial charge >= 0.3 is 0 Å². The average Bonchev–Trinajstić information content (AvgIpc) is 3.28. The molecule has 9 nitrogen and oxygen atoms in total. The molecule has 0 N–H and O–H groups in total. The van der Waals surface area contributed by atoms with Gasteiger partial charge in [0.05, 0.1) is 4.92 Å². The summed E-state index contributed by atoms with van der Waals surface area (Å²) in [6, 6.07) is 14.1. The van der Waals surface area contributed by atoms with E-state index in [4.69, 9.17) is 4.52 Å². The minimum atomic E-state index is -0.509. The van der Waals surface area contributed by atoms with Crippen LogP contribution in [0.5, 0.6) is 0 Å². The standard InChI is InChI=1S/C23H25N5O4/c1-17-8-10-18(11-9-17)22-24-21(32-25-22)7-4-12-26-13-15-27(16-14-26)23(29)19-5-2-3-6-20(19)28(30)31/h2-3,5-6,8-11H,4,7,12-16H2,1H3. The Morgan fingerprint density at radius 1 is 1.09 bits per heavy atom. The number of nitro benzene ring substituents is 1. The molecule has 1 saturated heterocycles. The Bertz CT molecular complexity index is 1090. The highest BCUT2D eigenvalue weighted by Gasteiger charge is 2.27.